The number of rotatable bonds is 6. The Labute approximate surface area is 136 Å². The van der Waals surface area contributed by atoms with Gasteiger partial charge in [-0.2, -0.15) is 0 Å². The van der Waals surface area contributed by atoms with Crippen LogP contribution in [0, 0.1) is 6.92 Å². The van der Waals surface area contributed by atoms with Crippen molar-refractivity contribution in [2.75, 3.05) is 13.7 Å². The second-order valence-corrected chi connectivity index (χ2v) is 5.63. The number of aryl methyl sites for hydroxylation is 2. The quantitative estimate of drug-likeness (QED) is 0.817. The molecule has 1 N–H and O–H groups in total. The third-order valence-corrected chi connectivity index (χ3v) is 3.65. The third-order valence-electron chi connectivity index (χ3n) is 3.42. The summed E-state index contributed by atoms with van der Waals surface area (Å²) < 4.78 is 5.19. The fourth-order valence-electron chi connectivity index (χ4n) is 2.31. The first-order valence-corrected chi connectivity index (χ1v) is 7.65. The fraction of sp³-hybridized carbons (Fsp3) is 0.278. The van der Waals surface area contributed by atoms with E-state index in [1.54, 1.807) is 18.2 Å². The number of carbonyl (C=O) groups excluding carboxylic acids is 1. The van der Waals surface area contributed by atoms with Crippen molar-refractivity contribution >= 4 is 17.5 Å². The molecule has 2 rings (SSSR count). The molecule has 4 heteroatoms. The van der Waals surface area contributed by atoms with Gasteiger partial charge >= 0.3 is 0 Å². The van der Waals surface area contributed by atoms with Crippen molar-refractivity contribution in [3.05, 3.63) is 64.2 Å². The van der Waals surface area contributed by atoms with E-state index >= 15 is 0 Å². The van der Waals surface area contributed by atoms with Crippen molar-refractivity contribution in [2.45, 2.75) is 19.8 Å². The van der Waals surface area contributed by atoms with E-state index in [2.05, 4.69) is 36.5 Å². The van der Waals surface area contributed by atoms with E-state index in [1.165, 1.54) is 18.2 Å². The van der Waals surface area contributed by atoms with E-state index < -0.39 is 0 Å². The Morgan fingerprint density at radius 1 is 1.23 bits per heavy atom. The van der Waals surface area contributed by atoms with Crippen molar-refractivity contribution in [3.63, 3.8) is 0 Å². The zero-order chi connectivity index (χ0) is 15.9. The van der Waals surface area contributed by atoms with E-state index in [1.807, 2.05) is 0 Å². The molecule has 0 aliphatic heterocycles. The summed E-state index contributed by atoms with van der Waals surface area (Å²) in [6.45, 7) is 2.69. The number of ether oxygens (including phenoxy) is 1. The number of hydrogen-bond acceptors (Lipinski definition) is 2. The highest BCUT2D eigenvalue weighted by Crippen LogP contribution is 2.22. The van der Waals surface area contributed by atoms with E-state index in [0.29, 0.717) is 22.9 Å². The summed E-state index contributed by atoms with van der Waals surface area (Å²) >= 11 is 5.94. The van der Waals surface area contributed by atoms with Crippen LogP contribution in [0.5, 0.6) is 5.75 Å². The van der Waals surface area contributed by atoms with Gasteiger partial charge < -0.3 is 10.1 Å². The van der Waals surface area contributed by atoms with E-state index in [-0.39, 0.29) is 5.91 Å². The number of nitrogens with one attached hydrogen (secondary N) is 1. The van der Waals surface area contributed by atoms with Crippen LogP contribution in [0.1, 0.15) is 27.9 Å². The largest absolute Gasteiger partial charge is 0.496 e. The van der Waals surface area contributed by atoms with Gasteiger partial charge in [0.1, 0.15) is 5.75 Å². The molecule has 0 spiro atoms. The molecule has 22 heavy (non-hydrogen) atoms. The number of hydrogen-bond donors (Lipinski definition) is 1. The van der Waals surface area contributed by atoms with E-state index in [9.17, 15) is 4.79 Å². The van der Waals surface area contributed by atoms with Crippen LogP contribution < -0.4 is 10.1 Å². The molecule has 0 aliphatic carbocycles. The summed E-state index contributed by atoms with van der Waals surface area (Å²) in [6.07, 6.45) is 1.83. The van der Waals surface area contributed by atoms with Gasteiger partial charge in [-0.05, 0) is 43.5 Å². The maximum Gasteiger partial charge on any atom is 0.255 e. The van der Waals surface area contributed by atoms with Crippen molar-refractivity contribution in [2.24, 2.45) is 0 Å². The van der Waals surface area contributed by atoms with Gasteiger partial charge in [-0.3, -0.25) is 4.79 Å². The molecule has 3 nitrogen and oxygen atoms in total. The molecule has 0 fully saturated rings. The molecular formula is C18H20ClNO2. The third kappa shape index (κ3) is 4.50. The van der Waals surface area contributed by atoms with E-state index in [0.717, 1.165) is 12.8 Å². The summed E-state index contributed by atoms with van der Waals surface area (Å²) in [7, 11) is 1.54. The van der Waals surface area contributed by atoms with Gasteiger partial charge in [0.15, 0.2) is 0 Å². The maximum atomic E-state index is 12.2. The van der Waals surface area contributed by atoms with Crippen molar-refractivity contribution in [1.82, 2.24) is 5.32 Å². The lowest BCUT2D eigenvalue weighted by Crippen LogP contribution is -2.25. The van der Waals surface area contributed by atoms with Gasteiger partial charge in [-0.15, -0.1) is 0 Å². The smallest absolute Gasteiger partial charge is 0.255 e. The lowest BCUT2D eigenvalue weighted by atomic mass is 10.1. The van der Waals surface area contributed by atoms with Crippen LogP contribution in [0.25, 0.3) is 0 Å². The standard InChI is InChI=1S/C18H20ClNO2/c1-13-5-3-6-14(11-13)7-4-10-20-18(21)16-12-15(19)8-9-17(16)22-2/h3,5-6,8-9,11-12H,4,7,10H2,1-2H3,(H,20,21). The molecule has 1 amide bonds. The van der Waals surface area contributed by atoms with Crippen LogP contribution in [0.4, 0.5) is 0 Å². The minimum Gasteiger partial charge on any atom is -0.496 e. The first-order valence-electron chi connectivity index (χ1n) is 7.27. The first kappa shape index (κ1) is 16.4. The molecule has 116 valence electrons. The molecule has 0 saturated carbocycles. The lowest BCUT2D eigenvalue weighted by molar-refractivity contribution is 0.0950. The van der Waals surface area contributed by atoms with Crippen LogP contribution in [0.3, 0.4) is 0 Å². The van der Waals surface area contributed by atoms with Gasteiger partial charge in [0.05, 0.1) is 12.7 Å². The van der Waals surface area contributed by atoms with Gasteiger partial charge in [0, 0.05) is 11.6 Å². The lowest BCUT2D eigenvalue weighted by Gasteiger charge is -2.10. The Kier molecular flexibility index (Phi) is 5.84. The predicted octanol–water partition coefficient (Wildman–Crippen LogP) is 4.02. The molecule has 0 aromatic heterocycles. The molecule has 2 aromatic rings. The highest BCUT2D eigenvalue weighted by atomic mass is 35.5. The van der Waals surface area contributed by atoms with E-state index in [4.69, 9.17) is 16.3 Å². The summed E-state index contributed by atoms with van der Waals surface area (Å²) in [6, 6.07) is 13.4. The maximum absolute atomic E-state index is 12.2. The van der Waals surface area contributed by atoms with Crippen molar-refractivity contribution in [1.29, 1.82) is 0 Å². The second kappa shape index (κ2) is 7.85. The molecule has 2 aromatic carbocycles. The molecule has 0 aliphatic rings. The number of benzene rings is 2. The van der Waals surface area contributed by atoms with Gasteiger partial charge in [-0.25, -0.2) is 0 Å². The zero-order valence-corrected chi connectivity index (χ0v) is 13.6. The first-order chi connectivity index (χ1) is 10.6. The van der Waals surface area contributed by atoms with Crippen molar-refractivity contribution < 1.29 is 9.53 Å². The number of carbonyl (C=O) groups is 1. The Hall–Kier alpha value is -2.00. The monoisotopic (exact) mass is 317 g/mol. The minimum atomic E-state index is -0.163. The number of amides is 1. The van der Waals surface area contributed by atoms with Crippen molar-refractivity contribution in [3.8, 4) is 5.75 Å². The molecule has 0 saturated heterocycles. The molecule has 0 heterocycles. The number of methoxy groups -OCH3 is 1. The van der Waals surface area contributed by atoms with Crippen LogP contribution in [-0.2, 0) is 6.42 Å². The Morgan fingerprint density at radius 2 is 2.05 bits per heavy atom. The molecule has 0 bridgehead atoms. The minimum absolute atomic E-state index is 0.163. The van der Waals surface area contributed by atoms with Gasteiger partial charge in [-0.1, -0.05) is 41.4 Å². The topological polar surface area (TPSA) is 38.3 Å². The molecular weight excluding hydrogens is 298 g/mol. The van der Waals surface area contributed by atoms with Crippen LogP contribution >= 0.6 is 11.6 Å². The highest BCUT2D eigenvalue weighted by Gasteiger charge is 2.12. The fourth-order valence-corrected chi connectivity index (χ4v) is 2.49. The average molecular weight is 318 g/mol. The Balaban J connectivity index is 1.87. The second-order valence-electron chi connectivity index (χ2n) is 5.19. The summed E-state index contributed by atoms with van der Waals surface area (Å²) in [5, 5.41) is 3.43. The molecule has 0 radical (unpaired) electrons. The van der Waals surface area contributed by atoms with Crippen LogP contribution in [-0.4, -0.2) is 19.6 Å². The van der Waals surface area contributed by atoms with Gasteiger partial charge in [0.25, 0.3) is 5.91 Å². The molecule has 0 unspecified atom stereocenters. The van der Waals surface area contributed by atoms with Gasteiger partial charge in [0.2, 0.25) is 0 Å². The summed E-state index contributed by atoms with van der Waals surface area (Å²) in [5.41, 5.74) is 3.00. The highest BCUT2D eigenvalue weighted by molar-refractivity contribution is 6.31. The Morgan fingerprint density at radius 3 is 2.77 bits per heavy atom. The summed E-state index contributed by atoms with van der Waals surface area (Å²) in [4.78, 5) is 12.2. The Bertz CT molecular complexity index is 655. The zero-order valence-electron chi connectivity index (χ0n) is 12.9. The average Bonchev–Trinajstić information content (AvgIpc) is 2.51. The SMILES string of the molecule is COc1ccc(Cl)cc1C(=O)NCCCc1cccc(C)c1. The summed E-state index contributed by atoms with van der Waals surface area (Å²) in [5.74, 6) is 0.365. The predicted molar refractivity (Wildman–Crippen MR) is 89.8 cm³/mol. The normalized spacial score (nSPS) is 10.3. The molecule has 0 atom stereocenters. The van der Waals surface area contributed by atoms with Crippen LogP contribution in [0.2, 0.25) is 5.02 Å². The number of halogens is 1. The van der Waals surface area contributed by atoms with Crippen LogP contribution in [0.15, 0.2) is 42.5 Å².